The van der Waals surface area contributed by atoms with Crippen LogP contribution in [0.4, 0.5) is 38.9 Å². The fourth-order valence-electron chi connectivity index (χ4n) is 7.27. The van der Waals surface area contributed by atoms with E-state index in [1.807, 2.05) is 0 Å². The van der Waals surface area contributed by atoms with E-state index in [1.165, 1.54) is 74.5 Å². The summed E-state index contributed by atoms with van der Waals surface area (Å²) in [5.41, 5.74) is -1.14. The zero-order chi connectivity index (χ0) is 40.4. The lowest BCUT2D eigenvalue weighted by molar-refractivity contribution is 0.262. The molecule has 17 nitrogen and oxygen atoms in total. The summed E-state index contributed by atoms with van der Waals surface area (Å²) in [6, 6.07) is 16.1. The highest BCUT2D eigenvalue weighted by molar-refractivity contribution is 7.94. The maximum atomic E-state index is 14.3. The van der Waals surface area contributed by atoms with Gasteiger partial charge in [-0.2, -0.15) is 16.8 Å². The van der Waals surface area contributed by atoms with Gasteiger partial charge in [0.2, 0.25) is 0 Å². The molecule has 0 fully saturated rings. The van der Waals surface area contributed by atoms with E-state index in [2.05, 4.69) is 10.6 Å². The summed E-state index contributed by atoms with van der Waals surface area (Å²) < 4.78 is 128. The number of carbonyl (C=O) groups is 1. The van der Waals surface area contributed by atoms with E-state index >= 15 is 0 Å². The van der Waals surface area contributed by atoms with Crippen LogP contribution < -0.4 is 19.2 Å². The van der Waals surface area contributed by atoms with E-state index in [1.54, 1.807) is 0 Å². The van der Waals surface area contributed by atoms with E-state index in [4.69, 9.17) is 0 Å². The van der Waals surface area contributed by atoms with Gasteiger partial charge in [-0.3, -0.25) is 9.11 Å². The fourth-order valence-corrected chi connectivity index (χ4v) is 12.5. The zero-order valence-electron chi connectivity index (χ0n) is 28.6. The number of nitrogens with zero attached hydrogens (tertiary/aromatic N) is 2. The molecule has 4 bridgehead atoms. The van der Waals surface area contributed by atoms with Gasteiger partial charge in [0.25, 0.3) is 40.3 Å². The summed E-state index contributed by atoms with van der Waals surface area (Å²) in [4.78, 5) is 11.7. The molecule has 2 heterocycles. The van der Waals surface area contributed by atoms with Crippen molar-refractivity contribution in [3.8, 4) is 11.5 Å². The largest absolute Gasteiger partial charge is 0.507 e. The number of nitrogens with one attached hydrogen (secondary N) is 2. The number of sulfonamides is 2. The zero-order valence-corrected chi connectivity index (χ0v) is 31.8. The van der Waals surface area contributed by atoms with Crippen LogP contribution >= 0.6 is 0 Å². The minimum atomic E-state index is -4.97. The molecule has 0 saturated heterocycles. The lowest BCUT2D eigenvalue weighted by Gasteiger charge is -2.21. The van der Waals surface area contributed by atoms with Gasteiger partial charge in [0.1, 0.15) is 31.1 Å². The third-order valence-corrected chi connectivity index (χ3v) is 15.1. The van der Waals surface area contributed by atoms with Gasteiger partial charge in [0, 0.05) is 21.5 Å². The molecule has 2 amide bonds. The average molecular weight is 839 g/mol. The molecule has 0 atom stereocenters. The van der Waals surface area contributed by atoms with Crippen molar-refractivity contribution >= 4 is 102 Å². The molecule has 0 spiro atoms. The molecule has 21 heteroatoms. The number of carbonyl (C=O) groups excluding carboxylic acids is 1. The Labute approximate surface area is 318 Å². The first-order chi connectivity index (χ1) is 26.2. The van der Waals surface area contributed by atoms with Crippen molar-refractivity contribution in [2.45, 2.75) is 33.4 Å². The molecular formula is C35H26N4O13S4. The number of phenolic OH excluding ortho intramolecular Hbond substituents is 2. The number of benzene rings is 6. The van der Waals surface area contributed by atoms with E-state index < -0.39 is 77.4 Å². The quantitative estimate of drug-likeness (QED) is 0.108. The molecule has 0 aliphatic carbocycles. The predicted octanol–water partition coefficient (Wildman–Crippen LogP) is 5.84. The van der Waals surface area contributed by atoms with Crippen molar-refractivity contribution in [1.82, 2.24) is 0 Å². The Morgan fingerprint density at radius 3 is 1.29 bits per heavy atom. The highest BCUT2D eigenvalue weighted by Gasteiger charge is 2.44. The van der Waals surface area contributed by atoms with Crippen molar-refractivity contribution in [3.05, 3.63) is 96.1 Å². The molecule has 0 aromatic heterocycles. The highest BCUT2D eigenvalue weighted by atomic mass is 32.2. The molecule has 0 unspecified atom stereocenters. The van der Waals surface area contributed by atoms with Gasteiger partial charge in [0.05, 0.1) is 34.1 Å². The van der Waals surface area contributed by atoms with Crippen LogP contribution in [0.5, 0.6) is 11.5 Å². The van der Waals surface area contributed by atoms with Crippen LogP contribution in [-0.2, 0) is 40.3 Å². The van der Waals surface area contributed by atoms with Crippen LogP contribution in [0.25, 0.3) is 21.5 Å². The third-order valence-electron chi connectivity index (χ3n) is 9.48. The first-order valence-electron chi connectivity index (χ1n) is 16.1. The van der Waals surface area contributed by atoms with Gasteiger partial charge in [-0.05, 0) is 73.5 Å². The number of urea groups is 1. The van der Waals surface area contributed by atoms with Gasteiger partial charge in [-0.1, -0.05) is 36.4 Å². The number of hydrogen-bond acceptors (Lipinski definition) is 11. The lowest BCUT2D eigenvalue weighted by atomic mass is 10.1. The summed E-state index contributed by atoms with van der Waals surface area (Å²) in [5, 5.41) is 25.2. The Hall–Kier alpha value is -5.97. The monoisotopic (exact) mass is 838 g/mol. The molecule has 0 radical (unpaired) electrons. The van der Waals surface area contributed by atoms with E-state index in [9.17, 15) is 57.8 Å². The van der Waals surface area contributed by atoms with Gasteiger partial charge in [0.15, 0.2) is 0 Å². The van der Waals surface area contributed by atoms with Gasteiger partial charge < -0.3 is 20.8 Å². The Morgan fingerprint density at radius 2 is 0.929 bits per heavy atom. The predicted molar refractivity (Wildman–Crippen MR) is 205 cm³/mol. The van der Waals surface area contributed by atoms with Crippen LogP contribution in [0.1, 0.15) is 11.1 Å². The topological polar surface area (TPSA) is 265 Å². The van der Waals surface area contributed by atoms with Crippen molar-refractivity contribution in [2.24, 2.45) is 0 Å². The third kappa shape index (κ3) is 5.27. The minimum Gasteiger partial charge on any atom is -0.507 e. The Kier molecular flexibility index (Phi) is 7.93. The second-order valence-corrected chi connectivity index (χ2v) is 19.1. The summed E-state index contributed by atoms with van der Waals surface area (Å²) in [7, 11) is -19.2. The van der Waals surface area contributed by atoms with Gasteiger partial charge >= 0.3 is 6.03 Å². The van der Waals surface area contributed by atoms with Crippen LogP contribution in [0.15, 0.2) is 105 Å². The Bertz CT molecular complexity index is 3050. The molecule has 2 aliphatic heterocycles. The maximum absolute atomic E-state index is 14.3. The summed E-state index contributed by atoms with van der Waals surface area (Å²) in [5.74, 6) is -0.833. The van der Waals surface area contributed by atoms with Crippen LogP contribution in [0, 0.1) is 13.8 Å². The van der Waals surface area contributed by atoms with Crippen molar-refractivity contribution in [1.29, 1.82) is 0 Å². The molecule has 6 aromatic carbocycles. The fraction of sp³-hybridized carbons (Fsp3) is 0.0571. The van der Waals surface area contributed by atoms with Crippen LogP contribution in [-0.4, -0.2) is 59.0 Å². The standard InChI is InChI=1S/C35H26N4O13S4/c1-17-9-11-23-31(33(17)53(43,44)38(23)21-7-3-5-19-25(40)13-15-27(29(19)21)55(47,48)49)36-35(42)37-32-24-12-10-18(2)34(32)54(45,46)39(24)22-8-4-6-20-26(41)14-16-28(30(20)22)56(50,51)52/h3-16,40-41H,1-2H3,(H2,36,37,42)(H,47,48,49)(H,50,51,52). The number of rotatable bonds is 6. The van der Waals surface area contributed by atoms with Crippen molar-refractivity contribution in [3.63, 3.8) is 0 Å². The summed E-state index contributed by atoms with van der Waals surface area (Å²) >= 11 is 0. The number of aryl methyl sites for hydroxylation is 2. The number of anilines is 6. The molecule has 2 aliphatic rings. The number of amides is 2. The molecule has 0 saturated carbocycles. The Morgan fingerprint density at radius 1 is 0.554 bits per heavy atom. The first kappa shape index (κ1) is 37.0. The second-order valence-electron chi connectivity index (χ2n) is 12.8. The molecular weight excluding hydrogens is 813 g/mol. The lowest BCUT2D eigenvalue weighted by Crippen LogP contribution is -2.22. The highest BCUT2D eigenvalue weighted by Crippen LogP contribution is 2.54. The SMILES string of the molecule is Cc1ccc2c(NC(=O)Nc3c4ccc(C)c3S(=O)(=O)N4c3cccc4c(O)ccc(S(=O)(=O)O)c34)c1S(=O)(=O)N2c1cccc2c(O)ccc(S(=O)(=O)O)c12. The normalized spacial score (nSPS) is 15.4. The number of hydrogen-bond donors (Lipinski definition) is 6. The Balaban J connectivity index is 1.25. The van der Waals surface area contributed by atoms with Crippen molar-refractivity contribution < 1.29 is 57.8 Å². The maximum Gasteiger partial charge on any atom is 0.323 e. The molecule has 56 heavy (non-hydrogen) atoms. The summed E-state index contributed by atoms with van der Waals surface area (Å²) in [6.07, 6.45) is 0. The van der Waals surface area contributed by atoms with Crippen molar-refractivity contribution in [2.75, 3.05) is 19.2 Å². The van der Waals surface area contributed by atoms with Gasteiger partial charge in [-0.25, -0.2) is 30.2 Å². The molecule has 6 aromatic rings. The average Bonchev–Trinajstić information content (AvgIpc) is 3.35. The van der Waals surface area contributed by atoms with Crippen LogP contribution in [0.3, 0.4) is 0 Å². The van der Waals surface area contributed by atoms with Gasteiger partial charge in [-0.15, -0.1) is 0 Å². The van der Waals surface area contributed by atoms with E-state index in [0.717, 1.165) is 32.9 Å². The van der Waals surface area contributed by atoms with E-state index in [0.29, 0.717) is 0 Å². The minimum absolute atomic E-state index is 0.106. The number of aromatic hydroxyl groups is 2. The van der Waals surface area contributed by atoms with Crippen LogP contribution in [0.2, 0.25) is 0 Å². The smallest absolute Gasteiger partial charge is 0.323 e. The summed E-state index contributed by atoms with van der Waals surface area (Å²) in [6.45, 7) is 2.89. The first-order valence-corrected chi connectivity index (χ1v) is 21.8. The number of phenols is 2. The van der Waals surface area contributed by atoms with E-state index in [-0.39, 0.29) is 66.8 Å². The molecule has 6 N–H and O–H groups in total. The molecule has 288 valence electrons. The number of fused-ring (bicyclic) bond motifs is 6. The second kappa shape index (κ2) is 12.0. The molecule has 8 rings (SSSR count).